The van der Waals surface area contributed by atoms with E-state index in [9.17, 15) is 9.59 Å². The third kappa shape index (κ3) is 5.28. The van der Waals surface area contributed by atoms with E-state index in [1.165, 1.54) is 6.08 Å². The van der Waals surface area contributed by atoms with E-state index in [-0.39, 0.29) is 29.2 Å². The van der Waals surface area contributed by atoms with Crippen LogP contribution in [-0.2, 0) is 9.59 Å². The van der Waals surface area contributed by atoms with Gasteiger partial charge in [-0.25, -0.2) is 4.79 Å². The first kappa shape index (κ1) is 15.3. The van der Waals surface area contributed by atoms with Crippen molar-refractivity contribution in [3.63, 3.8) is 0 Å². The van der Waals surface area contributed by atoms with E-state index >= 15 is 0 Å². The Hall–Kier alpha value is -1.66. The quantitative estimate of drug-likeness (QED) is 0.716. The molecule has 0 fully saturated rings. The maximum absolute atomic E-state index is 11.0. The van der Waals surface area contributed by atoms with Crippen LogP contribution in [0, 0.1) is 0 Å². The number of hydrogen-bond donors (Lipinski definition) is 3. The van der Waals surface area contributed by atoms with Gasteiger partial charge in [0.25, 0.3) is 0 Å². The van der Waals surface area contributed by atoms with Crippen molar-refractivity contribution in [2.75, 3.05) is 6.54 Å². The number of nitrogens with two attached hydrogens (primary N) is 1. The largest absolute Gasteiger partial charge is 0.477 e. The number of hydrogen-bond acceptors (Lipinski definition) is 3. The standard InChI is InChI=1S/C11H12N2O3.BrH/c12-7-10(14)13-9(11(15)16)6-8-4-2-1-3-5-8;/h1-6H,7,12H2,(H,13,14)(H,15,16);1H. The summed E-state index contributed by atoms with van der Waals surface area (Å²) in [6, 6.07) is 8.83. The van der Waals surface area contributed by atoms with E-state index in [2.05, 4.69) is 5.32 Å². The molecule has 0 aromatic heterocycles. The molecule has 1 aromatic carbocycles. The number of carbonyl (C=O) groups excluding carboxylic acids is 1. The number of rotatable bonds is 4. The summed E-state index contributed by atoms with van der Waals surface area (Å²) < 4.78 is 0. The van der Waals surface area contributed by atoms with Crippen LogP contribution in [0.4, 0.5) is 0 Å². The average molecular weight is 301 g/mol. The number of amides is 1. The highest BCUT2D eigenvalue weighted by Gasteiger charge is 2.09. The number of halogens is 1. The summed E-state index contributed by atoms with van der Waals surface area (Å²) in [5, 5.41) is 11.1. The van der Waals surface area contributed by atoms with Crippen molar-refractivity contribution in [3.8, 4) is 0 Å². The molecular weight excluding hydrogens is 288 g/mol. The topological polar surface area (TPSA) is 92.4 Å². The fourth-order valence-electron chi connectivity index (χ4n) is 1.07. The smallest absolute Gasteiger partial charge is 0.352 e. The Morgan fingerprint density at radius 2 is 1.88 bits per heavy atom. The summed E-state index contributed by atoms with van der Waals surface area (Å²) in [5.74, 6) is -1.74. The van der Waals surface area contributed by atoms with Crippen molar-refractivity contribution in [2.45, 2.75) is 0 Å². The number of nitrogens with one attached hydrogen (secondary N) is 1. The molecule has 0 aliphatic rings. The molecule has 0 aliphatic carbocycles. The van der Waals surface area contributed by atoms with E-state index in [1.54, 1.807) is 24.3 Å². The summed E-state index contributed by atoms with van der Waals surface area (Å²) in [6.45, 7) is -0.251. The molecule has 5 nitrogen and oxygen atoms in total. The van der Waals surface area contributed by atoms with Gasteiger partial charge in [-0.2, -0.15) is 0 Å². The Labute approximate surface area is 109 Å². The second-order valence-electron chi connectivity index (χ2n) is 3.03. The van der Waals surface area contributed by atoms with Crippen LogP contribution in [0.2, 0.25) is 0 Å². The average Bonchev–Trinajstić information content (AvgIpc) is 2.29. The lowest BCUT2D eigenvalue weighted by molar-refractivity contribution is -0.134. The van der Waals surface area contributed by atoms with Gasteiger partial charge in [0.05, 0.1) is 6.54 Å². The fraction of sp³-hybridized carbons (Fsp3) is 0.0909. The highest BCUT2D eigenvalue weighted by molar-refractivity contribution is 8.93. The molecule has 1 amide bonds. The lowest BCUT2D eigenvalue weighted by atomic mass is 10.2. The summed E-state index contributed by atoms with van der Waals surface area (Å²) in [5.41, 5.74) is 5.58. The predicted octanol–water partition coefficient (Wildman–Crippen LogP) is 0.765. The van der Waals surface area contributed by atoms with Gasteiger partial charge in [0.1, 0.15) is 5.70 Å². The number of benzene rings is 1. The van der Waals surface area contributed by atoms with Crippen molar-refractivity contribution in [1.29, 1.82) is 0 Å². The molecule has 17 heavy (non-hydrogen) atoms. The van der Waals surface area contributed by atoms with Gasteiger partial charge < -0.3 is 16.2 Å². The third-order valence-electron chi connectivity index (χ3n) is 1.80. The van der Waals surface area contributed by atoms with Crippen LogP contribution in [0.25, 0.3) is 6.08 Å². The van der Waals surface area contributed by atoms with Gasteiger partial charge in [-0.15, -0.1) is 17.0 Å². The summed E-state index contributed by atoms with van der Waals surface area (Å²) in [6.07, 6.45) is 1.37. The first-order valence-electron chi connectivity index (χ1n) is 4.63. The number of carboxylic acids is 1. The van der Waals surface area contributed by atoms with Gasteiger partial charge in [-0.05, 0) is 11.6 Å². The van der Waals surface area contributed by atoms with Crippen LogP contribution in [0.15, 0.2) is 36.0 Å². The minimum Gasteiger partial charge on any atom is -0.477 e. The van der Waals surface area contributed by atoms with Crippen LogP contribution in [-0.4, -0.2) is 23.5 Å². The van der Waals surface area contributed by atoms with Gasteiger partial charge in [-0.1, -0.05) is 30.3 Å². The Morgan fingerprint density at radius 3 is 2.35 bits per heavy atom. The van der Waals surface area contributed by atoms with E-state index < -0.39 is 11.9 Å². The molecule has 0 unspecified atom stereocenters. The van der Waals surface area contributed by atoms with Crippen LogP contribution < -0.4 is 11.1 Å². The zero-order valence-corrected chi connectivity index (χ0v) is 10.6. The summed E-state index contributed by atoms with van der Waals surface area (Å²) >= 11 is 0. The first-order chi connectivity index (χ1) is 7.63. The molecule has 0 heterocycles. The molecule has 0 spiro atoms. The van der Waals surface area contributed by atoms with Crippen molar-refractivity contribution >= 4 is 34.9 Å². The Balaban J connectivity index is 0.00000256. The van der Waals surface area contributed by atoms with Crippen LogP contribution in [0.1, 0.15) is 5.56 Å². The maximum atomic E-state index is 11.0. The molecule has 1 aromatic rings. The van der Waals surface area contributed by atoms with Gasteiger partial charge in [0.15, 0.2) is 0 Å². The monoisotopic (exact) mass is 300 g/mol. The Kier molecular flexibility index (Phi) is 6.85. The highest BCUT2D eigenvalue weighted by atomic mass is 79.9. The minimum absolute atomic E-state index is 0. The van der Waals surface area contributed by atoms with Crippen molar-refractivity contribution in [2.24, 2.45) is 5.73 Å². The highest BCUT2D eigenvalue weighted by Crippen LogP contribution is 2.04. The van der Waals surface area contributed by atoms with Gasteiger partial charge in [0.2, 0.25) is 5.91 Å². The predicted molar refractivity (Wildman–Crippen MR) is 69.6 cm³/mol. The van der Waals surface area contributed by atoms with Crippen molar-refractivity contribution in [3.05, 3.63) is 41.6 Å². The minimum atomic E-state index is -1.20. The lowest BCUT2D eigenvalue weighted by Gasteiger charge is -2.04. The molecular formula is C11H13BrN2O3. The van der Waals surface area contributed by atoms with Gasteiger partial charge >= 0.3 is 5.97 Å². The second kappa shape index (κ2) is 7.59. The first-order valence-corrected chi connectivity index (χ1v) is 4.63. The molecule has 0 bridgehead atoms. The Morgan fingerprint density at radius 1 is 1.29 bits per heavy atom. The molecule has 0 saturated heterocycles. The van der Waals surface area contributed by atoms with E-state index in [1.807, 2.05) is 6.07 Å². The van der Waals surface area contributed by atoms with Crippen molar-refractivity contribution in [1.82, 2.24) is 5.32 Å². The van der Waals surface area contributed by atoms with Gasteiger partial charge in [-0.3, -0.25) is 4.79 Å². The summed E-state index contributed by atoms with van der Waals surface area (Å²) in [7, 11) is 0. The van der Waals surface area contributed by atoms with E-state index in [0.717, 1.165) is 0 Å². The van der Waals surface area contributed by atoms with E-state index in [0.29, 0.717) is 5.56 Å². The molecule has 0 radical (unpaired) electrons. The van der Waals surface area contributed by atoms with E-state index in [4.69, 9.17) is 10.8 Å². The molecule has 4 N–H and O–H groups in total. The molecule has 92 valence electrons. The number of aliphatic carboxylic acids is 1. The normalized spacial score (nSPS) is 10.3. The molecule has 0 saturated carbocycles. The second-order valence-corrected chi connectivity index (χ2v) is 3.03. The zero-order valence-electron chi connectivity index (χ0n) is 8.92. The van der Waals surface area contributed by atoms with Crippen molar-refractivity contribution < 1.29 is 14.7 Å². The van der Waals surface area contributed by atoms with Crippen LogP contribution in [0.5, 0.6) is 0 Å². The molecule has 0 aliphatic heterocycles. The third-order valence-corrected chi connectivity index (χ3v) is 1.80. The van der Waals surface area contributed by atoms with Gasteiger partial charge in [0, 0.05) is 0 Å². The Bertz CT molecular complexity index is 418. The van der Waals surface area contributed by atoms with Crippen LogP contribution >= 0.6 is 17.0 Å². The molecule has 6 heteroatoms. The molecule has 1 rings (SSSR count). The summed E-state index contributed by atoms with van der Waals surface area (Å²) in [4.78, 5) is 21.8. The number of carboxylic acid groups (broad SMARTS) is 1. The SMILES string of the molecule is Br.NCC(=O)NC(=Cc1ccccc1)C(=O)O. The fourth-order valence-corrected chi connectivity index (χ4v) is 1.07. The molecule has 0 atom stereocenters. The zero-order chi connectivity index (χ0) is 12.0. The number of carbonyl (C=O) groups is 2. The van der Waals surface area contributed by atoms with Crippen LogP contribution in [0.3, 0.4) is 0 Å². The maximum Gasteiger partial charge on any atom is 0.352 e. The lowest BCUT2D eigenvalue weighted by Crippen LogP contribution is -2.32.